The van der Waals surface area contributed by atoms with Crippen LogP contribution in [0.4, 0.5) is 5.82 Å². The Morgan fingerprint density at radius 3 is 2.54 bits per heavy atom. The third-order valence-electron chi connectivity index (χ3n) is 5.55. The van der Waals surface area contributed by atoms with Crippen LogP contribution in [0, 0.1) is 0 Å². The van der Waals surface area contributed by atoms with Crippen molar-refractivity contribution >= 4 is 11.7 Å². The van der Waals surface area contributed by atoms with Crippen LogP contribution in [-0.2, 0) is 10.2 Å². The average Bonchev–Trinajstić information content (AvgIpc) is 2.87. The van der Waals surface area contributed by atoms with Crippen molar-refractivity contribution in [2.24, 2.45) is 0 Å². The predicted octanol–water partition coefficient (Wildman–Crippen LogP) is 0.878. The monoisotopic (exact) mass is 361 g/mol. The minimum Gasteiger partial charge on any atom is -0.387 e. The van der Waals surface area contributed by atoms with E-state index in [4.69, 9.17) is 0 Å². The molecule has 0 aromatic carbocycles. The van der Waals surface area contributed by atoms with Crippen LogP contribution in [0.15, 0.2) is 12.1 Å². The van der Waals surface area contributed by atoms with Crippen LogP contribution < -0.4 is 4.90 Å². The maximum absolute atomic E-state index is 11.5. The molecule has 0 saturated carbocycles. The fraction of sp³-hybridized carbons (Fsp3) is 0.737. The molecule has 0 aliphatic carbocycles. The zero-order chi connectivity index (χ0) is 19.1. The van der Waals surface area contributed by atoms with Crippen LogP contribution in [0.3, 0.4) is 0 Å². The van der Waals surface area contributed by atoms with Crippen molar-refractivity contribution in [2.45, 2.75) is 51.2 Å². The van der Waals surface area contributed by atoms with Gasteiger partial charge in [-0.1, -0.05) is 20.8 Å². The normalized spacial score (nSPS) is 24.3. The number of carbonyl (C=O) groups excluding carboxylic acids is 1. The summed E-state index contributed by atoms with van der Waals surface area (Å²) >= 11 is 0. The quantitative estimate of drug-likeness (QED) is 0.858. The number of carbonyl (C=O) groups is 1. The molecule has 2 saturated heterocycles. The first kappa shape index (κ1) is 19.0. The molecule has 1 unspecified atom stereocenters. The summed E-state index contributed by atoms with van der Waals surface area (Å²) < 4.78 is 0. The molecule has 0 bridgehead atoms. The van der Waals surface area contributed by atoms with Crippen LogP contribution in [0.5, 0.6) is 0 Å². The summed E-state index contributed by atoms with van der Waals surface area (Å²) in [5, 5.41) is 19.5. The van der Waals surface area contributed by atoms with E-state index in [-0.39, 0.29) is 11.3 Å². The van der Waals surface area contributed by atoms with Gasteiger partial charge < -0.3 is 14.9 Å². The molecular formula is C19H31N5O2. The summed E-state index contributed by atoms with van der Waals surface area (Å²) in [6, 6.07) is 4.48. The standard InChI is InChI=1S/C19H31N5O2/c1-14(25)23-9-8-19(26,13-23)12-22(5)15-10-24(11-15)17-7-6-16(20-21-17)18(2,3)4/h6-7,15,26H,8-13H2,1-5H3. The van der Waals surface area contributed by atoms with E-state index in [2.05, 4.69) is 46.8 Å². The predicted molar refractivity (Wildman–Crippen MR) is 101 cm³/mol. The maximum atomic E-state index is 11.5. The van der Waals surface area contributed by atoms with Gasteiger partial charge >= 0.3 is 0 Å². The summed E-state index contributed by atoms with van der Waals surface area (Å²) in [5.41, 5.74) is 0.205. The number of hydrogen-bond acceptors (Lipinski definition) is 6. The Morgan fingerprint density at radius 1 is 1.35 bits per heavy atom. The molecule has 1 N–H and O–H groups in total. The van der Waals surface area contributed by atoms with E-state index in [1.165, 1.54) is 0 Å². The van der Waals surface area contributed by atoms with Gasteiger partial charge in [-0.25, -0.2) is 0 Å². The van der Waals surface area contributed by atoms with Crippen molar-refractivity contribution in [2.75, 3.05) is 44.7 Å². The first-order chi connectivity index (χ1) is 12.1. The number of aromatic nitrogens is 2. The van der Waals surface area contributed by atoms with E-state index >= 15 is 0 Å². The van der Waals surface area contributed by atoms with E-state index in [1.54, 1.807) is 11.8 Å². The van der Waals surface area contributed by atoms with Gasteiger partial charge in [0.1, 0.15) is 0 Å². The SMILES string of the molecule is CC(=O)N1CCC(O)(CN(C)C2CN(c3ccc(C(C)(C)C)nn3)C2)C1. The average molecular weight is 361 g/mol. The number of likely N-dealkylation sites (tertiary alicyclic amines) is 1. The second-order valence-electron chi connectivity index (χ2n) is 8.92. The lowest BCUT2D eigenvalue weighted by Gasteiger charge is -2.46. The number of anilines is 1. The number of rotatable bonds is 4. The first-order valence-electron chi connectivity index (χ1n) is 9.35. The minimum absolute atomic E-state index is 0.00765. The second-order valence-corrected chi connectivity index (χ2v) is 8.92. The molecule has 26 heavy (non-hydrogen) atoms. The van der Waals surface area contributed by atoms with Crippen LogP contribution in [-0.4, -0.2) is 82.4 Å². The summed E-state index contributed by atoms with van der Waals surface area (Å²) in [6.45, 7) is 11.4. The lowest BCUT2D eigenvalue weighted by molar-refractivity contribution is -0.129. The van der Waals surface area contributed by atoms with E-state index in [0.29, 0.717) is 32.1 Å². The Bertz CT molecular complexity index is 651. The summed E-state index contributed by atoms with van der Waals surface area (Å²) in [6.07, 6.45) is 0.646. The lowest BCUT2D eigenvalue weighted by Crippen LogP contribution is -2.61. The maximum Gasteiger partial charge on any atom is 0.219 e. The second kappa shape index (κ2) is 6.78. The molecule has 7 nitrogen and oxygen atoms in total. The van der Waals surface area contributed by atoms with Crippen molar-refractivity contribution in [3.05, 3.63) is 17.8 Å². The molecule has 2 aliphatic rings. The van der Waals surface area contributed by atoms with Gasteiger partial charge in [0.25, 0.3) is 0 Å². The van der Waals surface area contributed by atoms with Crippen molar-refractivity contribution in [3.8, 4) is 0 Å². The molecule has 3 rings (SSSR count). The van der Waals surface area contributed by atoms with Gasteiger partial charge in [0.05, 0.1) is 17.8 Å². The van der Waals surface area contributed by atoms with Crippen LogP contribution >= 0.6 is 0 Å². The van der Waals surface area contributed by atoms with Crippen LogP contribution in [0.25, 0.3) is 0 Å². The largest absolute Gasteiger partial charge is 0.387 e. The molecule has 1 amide bonds. The number of nitrogens with zero attached hydrogens (tertiary/aromatic N) is 5. The van der Waals surface area contributed by atoms with Crippen LogP contribution in [0.2, 0.25) is 0 Å². The molecule has 2 fully saturated rings. The van der Waals surface area contributed by atoms with Gasteiger partial charge in [-0.2, -0.15) is 5.10 Å². The topological polar surface area (TPSA) is 72.8 Å². The molecule has 0 radical (unpaired) electrons. The molecular weight excluding hydrogens is 330 g/mol. The van der Waals surface area contributed by atoms with E-state index in [1.807, 2.05) is 13.1 Å². The Kier molecular flexibility index (Phi) is 4.96. The fourth-order valence-electron chi connectivity index (χ4n) is 3.66. The summed E-state index contributed by atoms with van der Waals surface area (Å²) in [7, 11) is 2.05. The van der Waals surface area contributed by atoms with Crippen molar-refractivity contribution in [1.82, 2.24) is 20.0 Å². The van der Waals surface area contributed by atoms with Gasteiger partial charge in [0.15, 0.2) is 5.82 Å². The van der Waals surface area contributed by atoms with Crippen molar-refractivity contribution in [3.63, 3.8) is 0 Å². The number of amides is 1. The highest BCUT2D eigenvalue weighted by Crippen LogP contribution is 2.27. The molecule has 144 valence electrons. The van der Waals surface area contributed by atoms with E-state index in [0.717, 1.165) is 24.6 Å². The molecule has 1 aromatic rings. The Balaban J connectivity index is 1.51. The number of likely N-dealkylation sites (N-methyl/N-ethyl adjacent to an activating group) is 1. The van der Waals surface area contributed by atoms with Gasteiger partial charge in [0.2, 0.25) is 5.91 Å². The molecule has 3 heterocycles. The van der Waals surface area contributed by atoms with Gasteiger partial charge in [0, 0.05) is 44.6 Å². The molecule has 1 aromatic heterocycles. The zero-order valence-electron chi connectivity index (χ0n) is 16.6. The number of aliphatic hydroxyl groups is 1. The highest BCUT2D eigenvalue weighted by Gasteiger charge is 2.41. The third kappa shape index (κ3) is 3.99. The lowest BCUT2D eigenvalue weighted by atomic mass is 9.92. The minimum atomic E-state index is -0.797. The number of β-amino-alcohol motifs (C(OH)–C–C–N with tert-alkyl or cyclic N) is 1. The molecule has 1 atom stereocenters. The molecule has 0 spiro atoms. The zero-order valence-corrected chi connectivity index (χ0v) is 16.6. The van der Waals surface area contributed by atoms with Crippen LogP contribution in [0.1, 0.15) is 39.8 Å². The first-order valence-corrected chi connectivity index (χ1v) is 9.35. The van der Waals surface area contributed by atoms with Crippen molar-refractivity contribution in [1.29, 1.82) is 0 Å². The summed E-state index contributed by atoms with van der Waals surface area (Å²) in [4.78, 5) is 17.6. The van der Waals surface area contributed by atoms with E-state index < -0.39 is 5.60 Å². The van der Waals surface area contributed by atoms with E-state index in [9.17, 15) is 9.90 Å². The highest BCUT2D eigenvalue weighted by molar-refractivity contribution is 5.73. The number of hydrogen-bond donors (Lipinski definition) is 1. The molecule has 2 aliphatic heterocycles. The fourth-order valence-corrected chi connectivity index (χ4v) is 3.66. The Morgan fingerprint density at radius 2 is 2.04 bits per heavy atom. The molecule has 7 heteroatoms. The van der Waals surface area contributed by atoms with Gasteiger partial charge in [-0.05, 0) is 25.6 Å². The Hall–Kier alpha value is -1.73. The third-order valence-corrected chi connectivity index (χ3v) is 5.55. The van der Waals surface area contributed by atoms with Gasteiger partial charge in [-0.15, -0.1) is 5.10 Å². The van der Waals surface area contributed by atoms with Gasteiger partial charge in [-0.3, -0.25) is 9.69 Å². The summed E-state index contributed by atoms with van der Waals surface area (Å²) in [5.74, 6) is 0.945. The highest BCUT2D eigenvalue weighted by atomic mass is 16.3. The Labute approximate surface area is 156 Å². The van der Waals surface area contributed by atoms with Crippen molar-refractivity contribution < 1.29 is 9.90 Å². The smallest absolute Gasteiger partial charge is 0.219 e.